The molecular formula is C37H33O9PS. The van der Waals surface area contributed by atoms with E-state index in [9.17, 15) is 27.4 Å². The summed E-state index contributed by atoms with van der Waals surface area (Å²) in [5, 5.41) is 4.04. The maximum Gasteiger partial charge on any atom is 0.337 e. The fraction of sp³-hybridized carbons (Fsp3) is 0.108. The summed E-state index contributed by atoms with van der Waals surface area (Å²) in [6, 6.07) is 43.0. The minimum Gasteiger partial charge on any atom is -0.744 e. The third-order valence-electron chi connectivity index (χ3n) is 7.42. The molecule has 246 valence electrons. The number of carbonyl (C=O) groups is 3. The Labute approximate surface area is 280 Å². The standard InChI is InChI=1S/C27H24O2P.C10H10O7S/c1-29-27(28)23-19-17-22(18-20-23)21-30(24-11-5-2-6-12-24,25-13-7-3-8-14-25)26-15-9-4-10-16-26;1-16-9(11)6-3-7(10(12)17-2)5-8(4-6)18(13,14)15/h2-20H,21H2,1H3;3-5H,1-2H3,(H,13,14,15)/q+1;/p-1. The Kier molecular flexibility index (Phi) is 12.0. The van der Waals surface area contributed by atoms with Gasteiger partial charge in [-0.15, -0.1) is 0 Å². The molecule has 0 aliphatic heterocycles. The Balaban J connectivity index is 0.000000248. The molecule has 0 atom stereocenters. The number of methoxy groups -OCH3 is 3. The van der Waals surface area contributed by atoms with Crippen LogP contribution in [0.15, 0.2) is 138 Å². The van der Waals surface area contributed by atoms with Gasteiger partial charge in [0.05, 0.1) is 49.1 Å². The average molecular weight is 685 g/mol. The molecule has 0 aliphatic rings. The maximum atomic E-state index is 11.9. The molecule has 0 fully saturated rings. The van der Waals surface area contributed by atoms with E-state index in [1.807, 2.05) is 12.1 Å². The molecule has 0 unspecified atom stereocenters. The van der Waals surface area contributed by atoms with Gasteiger partial charge < -0.3 is 18.8 Å². The molecule has 9 nitrogen and oxygen atoms in total. The molecule has 0 bridgehead atoms. The molecule has 0 amide bonds. The van der Waals surface area contributed by atoms with Crippen molar-refractivity contribution in [2.75, 3.05) is 21.3 Å². The Morgan fingerprint density at radius 1 is 0.542 bits per heavy atom. The van der Waals surface area contributed by atoms with Gasteiger partial charge in [-0.2, -0.15) is 0 Å². The van der Waals surface area contributed by atoms with Crippen LogP contribution in [0.3, 0.4) is 0 Å². The lowest BCUT2D eigenvalue weighted by Crippen LogP contribution is -2.32. The average Bonchev–Trinajstić information content (AvgIpc) is 3.13. The quantitative estimate of drug-likeness (QED) is 0.0896. The number of ether oxygens (including phenoxy) is 3. The Morgan fingerprint density at radius 2 is 0.896 bits per heavy atom. The SMILES string of the molecule is COC(=O)c1cc(C(=O)OC)cc(S(=O)(=O)[O-])c1.COC(=O)c1ccc(C[P+](c2ccccc2)(c2ccccc2)c2ccccc2)cc1. The normalized spacial score (nSPS) is 11.0. The van der Waals surface area contributed by atoms with Crippen LogP contribution in [0.25, 0.3) is 0 Å². The molecular weight excluding hydrogens is 651 g/mol. The number of rotatable bonds is 9. The van der Waals surface area contributed by atoms with E-state index in [0.29, 0.717) is 5.56 Å². The molecule has 48 heavy (non-hydrogen) atoms. The van der Waals surface area contributed by atoms with Gasteiger partial charge >= 0.3 is 17.9 Å². The second kappa shape index (κ2) is 16.1. The topological polar surface area (TPSA) is 136 Å². The summed E-state index contributed by atoms with van der Waals surface area (Å²) in [5.74, 6) is -2.05. The zero-order valence-corrected chi connectivity index (χ0v) is 28.1. The van der Waals surface area contributed by atoms with Crippen LogP contribution in [-0.2, 0) is 30.5 Å². The summed E-state index contributed by atoms with van der Waals surface area (Å²) >= 11 is 0. The van der Waals surface area contributed by atoms with E-state index in [1.54, 1.807) is 0 Å². The lowest BCUT2D eigenvalue weighted by atomic mass is 10.1. The van der Waals surface area contributed by atoms with Crippen LogP contribution < -0.4 is 15.9 Å². The van der Waals surface area contributed by atoms with Crippen molar-refractivity contribution in [1.82, 2.24) is 0 Å². The molecule has 0 aromatic heterocycles. The van der Waals surface area contributed by atoms with E-state index >= 15 is 0 Å². The van der Waals surface area contributed by atoms with Crippen LogP contribution in [0.4, 0.5) is 0 Å². The molecule has 5 aromatic carbocycles. The zero-order valence-electron chi connectivity index (χ0n) is 26.4. The molecule has 0 radical (unpaired) electrons. The third kappa shape index (κ3) is 8.41. The van der Waals surface area contributed by atoms with Gasteiger partial charge in [-0.1, -0.05) is 66.7 Å². The van der Waals surface area contributed by atoms with Crippen LogP contribution in [0.2, 0.25) is 0 Å². The van der Waals surface area contributed by atoms with Crippen LogP contribution in [0.1, 0.15) is 36.6 Å². The predicted molar refractivity (Wildman–Crippen MR) is 184 cm³/mol. The molecule has 0 aliphatic carbocycles. The van der Waals surface area contributed by atoms with Crippen LogP contribution >= 0.6 is 7.26 Å². The van der Waals surface area contributed by atoms with Crippen LogP contribution in [0.5, 0.6) is 0 Å². The first-order chi connectivity index (χ1) is 23.0. The van der Waals surface area contributed by atoms with Crippen molar-refractivity contribution in [3.8, 4) is 0 Å². The minimum absolute atomic E-state index is 0.227. The van der Waals surface area contributed by atoms with Gasteiger partial charge in [0.15, 0.2) is 0 Å². The zero-order chi connectivity index (χ0) is 34.7. The second-order valence-corrected chi connectivity index (χ2v) is 15.2. The molecule has 5 rings (SSSR count). The third-order valence-corrected chi connectivity index (χ3v) is 12.6. The van der Waals surface area contributed by atoms with Gasteiger partial charge in [-0.05, 0) is 72.3 Å². The molecule has 5 aromatic rings. The minimum atomic E-state index is -4.80. The highest BCUT2D eigenvalue weighted by Gasteiger charge is 2.45. The van der Waals surface area contributed by atoms with E-state index in [0.717, 1.165) is 38.6 Å². The summed E-state index contributed by atoms with van der Waals surface area (Å²) in [6.07, 6.45) is 0.881. The summed E-state index contributed by atoms with van der Waals surface area (Å²) in [7, 11) is -3.16. The lowest BCUT2D eigenvalue weighted by molar-refractivity contribution is 0.0587. The first kappa shape index (κ1) is 35.7. The number of benzene rings is 5. The highest BCUT2D eigenvalue weighted by Crippen LogP contribution is 2.58. The van der Waals surface area contributed by atoms with E-state index in [1.165, 1.54) is 28.6 Å². The van der Waals surface area contributed by atoms with Crippen molar-refractivity contribution in [3.63, 3.8) is 0 Å². The first-order valence-corrected chi connectivity index (χ1v) is 17.9. The van der Waals surface area contributed by atoms with Crippen molar-refractivity contribution in [3.05, 3.63) is 156 Å². The second-order valence-electron chi connectivity index (χ2n) is 10.3. The fourth-order valence-electron chi connectivity index (χ4n) is 5.12. The Bertz CT molecular complexity index is 1830. The van der Waals surface area contributed by atoms with Crippen molar-refractivity contribution < 1.29 is 41.6 Å². The highest BCUT2D eigenvalue weighted by molar-refractivity contribution is 7.95. The Hall–Kier alpha value is -5.15. The van der Waals surface area contributed by atoms with Crippen LogP contribution in [-0.4, -0.2) is 52.2 Å². The molecule has 0 saturated carbocycles. The number of carbonyl (C=O) groups excluding carboxylic acids is 3. The number of hydrogen-bond donors (Lipinski definition) is 0. The van der Waals surface area contributed by atoms with Crippen LogP contribution in [0, 0.1) is 0 Å². The van der Waals surface area contributed by atoms with Gasteiger partial charge in [0.1, 0.15) is 33.3 Å². The lowest BCUT2D eigenvalue weighted by Gasteiger charge is -2.27. The monoisotopic (exact) mass is 684 g/mol. The summed E-state index contributed by atoms with van der Waals surface area (Å²) in [6.45, 7) is 0. The van der Waals surface area contributed by atoms with Gasteiger partial charge in [0, 0.05) is 0 Å². The summed E-state index contributed by atoms with van der Waals surface area (Å²) in [5.41, 5.74) is 1.32. The van der Waals surface area contributed by atoms with Crippen molar-refractivity contribution >= 4 is 51.2 Å². The van der Waals surface area contributed by atoms with Crippen molar-refractivity contribution in [1.29, 1.82) is 0 Å². The highest BCUT2D eigenvalue weighted by atomic mass is 32.2. The summed E-state index contributed by atoms with van der Waals surface area (Å²) < 4.78 is 46.3. The van der Waals surface area contributed by atoms with Gasteiger partial charge in [0.2, 0.25) is 0 Å². The number of hydrogen-bond acceptors (Lipinski definition) is 9. The smallest absolute Gasteiger partial charge is 0.337 e. The van der Waals surface area contributed by atoms with Crippen molar-refractivity contribution in [2.45, 2.75) is 11.1 Å². The molecule has 0 heterocycles. The van der Waals surface area contributed by atoms with Gasteiger partial charge in [-0.3, -0.25) is 0 Å². The van der Waals surface area contributed by atoms with Gasteiger partial charge in [-0.25, -0.2) is 22.8 Å². The van der Waals surface area contributed by atoms with E-state index in [2.05, 4.69) is 113 Å². The number of esters is 3. The van der Waals surface area contributed by atoms with E-state index < -0.39 is 34.2 Å². The molecule has 11 heteroatoms. The fourth-order valence-corrected chi connectivity index (χ4v) is 9.91. The van der Waals surface area contributed by atoms with E-state index in [4.69, 9.17) is 4.74 Å². The molecule has 0 saturated heterocycles. The predicted octanol–water partition coefficient (Wildman–Crippen LogP) is 5.13. The summed E-state index contributed by atoms with van der Waals surface area (Å²) in [4.78, 5) is 33.7. The largest absolute Gasteiger partial charge is 0.744 e. The maximum absolute atomic E-state index is 11.9. The first-order valence-electron chi connectivity index (χ1n) is 14.5. The molecule has 0 N–H and O–H groups in total. The van der Waals surface area contributed by atoms with Gasteiger partial charge in [0.25, 0.3) is 0 Å². The van der Waals surface area contributed by atoms with Crippen molar-refractivity contribution in [2.24, 2.45) is 0 Å². The van der Waals surface area contributed by atoms with E-state index in [-0.39, 0.29) is 17.1 Å². The molecule has 0 spiro atoms. The Morgan fingerprint density at radius 3 is 1.23 bits per heavy atom.